The monoisotopic (exact) mass is 412 g/mol. The van der Waals surface area contributed by atoms with E-state index in [-0.39, 0.29) is 12.1 Å². The van der Waals surface area contributed by atoms with Gasteiger partial charge in [0.15, 0.2) is 0 Å². The van der Waals surface area contributed by atoms with Crippen LogP contribution in [-0.4, -0.2) is 53.8 Å². The van der Waals surface area contributed by atoms with Crippen molar-refractivity contribution in [2.24, 2.45) is 0 Å². The molecule has 0 N–H and O–H groups in total. The van der Waals surface area contributed by atoms with E-state index in [4.69, 9.17) is 9.47 Å². The summed E-state index contributed by atoms with van der Waals surface area (Å²) in [5.74, 6) is 0.909. The SMILES string of the molecule is CCOc1c(Br)cccc1CN1CCN(C(=O)OC(C)(C)C)C(C)C1. The number of halogens is 1. The van der Waals surface area contributed by atoms with Crippen molar-refractivity contribution in [2.45, 2.75) is 52.8 Å². The summed E-state index contributed by atoms with van der Waals surface area (Å²) >= 11 is 3.57. The number of hydrogen-bond donors (Lipinski definition) is 0. The molecule has 140 valence electrons. The van der Waals surface area contributed by atoms with Crippen LogP contribution in [0.2, 0.25) is 0 Å². The standard InChI is InChI=1S/C19H29BrN2O3/c1-6-24-17-15(8-7-9-16(17)20)13-21-10-11-22(14(2)12-21)18(23)25-19(3,4)5/h7-9,14H,6,10-13H2,1-5H3. The second-order valence-electron chi connectivity index (χ2n) is 7.42. The Morgan fingerprint density at radius 2 is 2.04 bits per heavy atom. The van der Waals surface area contributed by atoms with Crippen molar-refractivity contribution in [2.75, 3.05) is 26.2 Å². The Hall–Kier alpha value is -1.27. The highest BCUT2D eigenvalue weighted by Gasteiger charge is 2.31. The molecule has 1 atom stereocenters. The molecular formula is C19H29BrN2O3. The van der Waals surface area contributed by atoms with E-state index in [1.165, 1.54) is 0 Å². The molecule has 2 rings (SSSR count). The van der Waals surface area contributed by atoms with Gasteiger partial charge < -0.3 is 14.4 Å². The number of amides is 1. The smallest absolute Gasteiger partial charge is 0.410 e. The molecule has 0 saturated carbocycles. The second kappa shape index (κ2) is 8.41. The van der Waals surface area contributed by atoms with Gasteiger partial charge in [-0.25, -0.2) is 4.79 Å². The fourth-order valence-electron chi connectivity index (χ4n) is 2.99. The summed E-state index contributed by atoms with van der Waals surface area (Å²) in [5, 5.41) is 0. The number of para-hydroxylation sites is 1. The molecule has 0 bridgehead atoms. The van der Waals surface area contributed by atoms with Crippen molar-refractivity contribution in [1.82, 2.24) is 9.80 Å². The summed E-state index contributed by atoms with van der Waals surface area (Å²) in [4.78, 5) is 16.5. The third-order valence-electron chi connectivity index (χ3n) is 4.07. The number of benzene rings is 1. The molecule has 1 aromatic carbocycles. The van der Waals surface area contributed by atoms with Gasteiger partial charge in [0.05, 0.1) is 11.1 Å². The number of carbonyl (C=O) groups is 1. The molecule has 0 aromatic heterocycles. The van der Waals surface area contributed by atoms with Gasteiger partial charge >= 0.3 is 6.09 Å². The highest BCUT2D eigenvalue weighted by Crippen LogP contribution is 2.30. The molecular weight excluding hydrogens is 384 g/mol. The molecule has 1 saturated heterocycles. The molecule has 1 heterocycles. The van der Waals surface area contributed by atoms with Crippen LogP contribution in [-0.2, 0) is 11.3 Å². The highest BCUT2D eigenvalue weighted by molar-refractivity contribution is 9.10. The summed E-state index contributed by atoms with van der Waals surface area (Å²) in [7, 11) is 0. The van der Waals surface area contributed by atoms with E-state index in [0.717, 1.165) is 35.4 Å². The molecule has 0 spiro atoms. The van der Waals surface area contributed by atoms with E-state index >= 15 is 0 Å². The van der Waals surface area contributed by atoms with Gasteiger partial charge in [-0.3, -0.25) is 4.90 Å². The molecule has 1 fully saturated rings. The summed E-state index contributed by atoms with van der Waals surface area (Å²) < 4.78 is 12.3. The molecule has 1 aliphatic heterocycles. The predicted molar refractivity (Wildman–Crippen MR) is 103 cm³/mol. The Balaban J connectivity index is 2.00. The maximum atomic E-state index is 12.3. The number of rotatable bonds is 4. The summed E-state index contributed by atoms with van der Waals surface area (Å²) in [6, 6.07) is 6.24. The van der Waals surface area contributed by atoms with Crippen LogP contribution in [0.4, 0.5) is 4.79 Å². The molecule has 1 aliphatic rings. The second-order valence-corrected chi connectivity index (χ2v) is 8.27. The van der Waals surface area contributed by atoms with Crippen molar-refractivity contribution in [1.29, 1.82) is 0 Å². The number of piperazine rings is 1. The lowest BCUT2D eigenvalue weighted by atomic mass is 10.1. The van der Waals surface area contributed by atoms with Crippen molar-refractivity contribution in [3.8, 4) is 5.75 Å². The molecule has 1 amide bonds. The quantitative estimate of drug-likeness (QED) is 0.739. The van der Waals surface area contributed by atoms with Gasteiger partial charge in [0.25, 0.3) is 0 Å². The Morgan fingerprint density at radius 1 is 1.32 bits per heavy atom. The number of hydrogen-bond acceptors (Lipinski definition) is 4. The van der Waals surface area contributed by atoms with Crippen LogP contribution in [0.3, 0.4) is 0 Å². The van der Waals surface area contributed by atoms with Crippen LogP contribution in [0.1, 0.15) is 40.2 Å². The molecule has 5 nitrogen and oxygen atoms in total. The van der Waals surface area contributed by atoms with Crippen LogP contribution in [0.15, 0.2) is 22.7 Å². The Bertz CT molecular complexity index is 601. The highest BCUT2D eigenvalue weighted by atomic mass is 79.9. The van der Waals surface area contributed by atoms with Crippen LogP contribution < -0.4 is 4.74 Å². The third kappa shape index (κ3) is 5.61. The van der Waals surface area contributed by atoms with Gasteiger partial charge in [0.1, 0.15) is 11.4 Å². The molecule has 25 heavy (non-hydrogen) atoms. The molecule has 6 heteroatoms. The average Bonchev–Trinajstić information content (AvgIpc) is 2.49. The fraction of sp³-hybridized carbons (Fsp3) is 0.632. The van der Waals surface area contributed by atoms with Crippen molar-refractivity contribution >= 4 is 22.0 Å². The number of ether oxygens (including phenoxy) is 2. The van der Waals surface area contributed by atoms with E-state index in [1.54, 1.807) is 0 Å². The topological polar surface area (TPSA) is 42.0 Å². The first-order valence-electron chi connectivity index (χ1n) is 8.83. The first-order chi connectivity index (χ1) is 11.7. The Kier molecular flexibility index (Phi) is 6.74. The molecule has 0 aliphatic carbocycles. The zero-order chi connectivity index (χ0) is 18.6. The van der Waals surface area contributed by atoms with Crippen molar-refractivity contribution in [3.05, 3.63) is 28.2 Å². The van der Waals surface area contributed by atoms with E-state index in [1.807, 2.05) is 44.7 Å². The zero-order valence-corrected chi connectivity index (χ0v) is 17.4. The van der Waals surface area contributed by atoms with Crippen LogP contribution >= 0.6 is 15.9 Å². The van der Waals surface area contributed by atoms with Gasteiger partial charge in [-0.1, -0.05) is 12.1 Å². The van der Waals surface area contributed by atoms with E-state index in [0.29, 0.717) is 13.2 Å². The maximum absolute atomic E-state index is 12.3. The summed E-state index contributed by atoms with van der Waals surface area (Å²) in [6.45, 7) is 13.5. The van der Waals surface area contributed by atoms with E-state index in [9.17, 15) is 4.79 Å². The maximum Gasteiger partial charge on any atom is 0.410 e. The normalized spacial score (nSPS) is 19.0. The predicted octanol–water partition coefficient (Wildman–Crippen LogP) is 4.29. The molecule has 1 unspecified atom stereocenters. The van der Waals surface area contributed by atoms with Crippen LogP contribution in [0.5, 0.6) is 5.75 Å². The lowest BCUT2D eigenvalue weighted by Gasteiger charge is -2.40. The largest absolute Gasteiger partial charge is 0.492 e. The summed E-state index contributed by atoms with van der Waals surface area (Å²) in [5.41, 5.74) is 0.700. The van der Waals surface area contributed by atoms with Crippen LogP contribution in [0, 0.1) is 0 Å². The number of carbonyl (C=O) groups excluding carboxylic acids is 1. The lowest BCUT2D eigenvalue weighted by molar-refractivity contribution is 0.000463. The number of nitrogens with zero attached hydrogens (tertiary/aromatic N) is 2. The van der Waals surface area contributed by atoms with Gasteiger partial charge in [-0.2, -0.15) is 0 Å². The Labute approximate surface area is 159 Å². The molecule has 1 aromatic rings. The molecule has 0 radical (unpaired) electrons. The first kappa shape index (κ1) is 20.0. The third-order valence-corrected chi connectivity index (χ3v) is 4.70. The van der Waals surface area contributed by atoms with Gasteiger partial charge in [0, 0.05) is 37.8 Å². The zero-order valence-electron chi connectivity index (χ0n) is 15.8. The Morgan fingerprint density at radius 3 is 2.64 bits per heavy atom. The lowest BCUT2D eigenvalue weighted by Crippen LogP contribution is -2.54. The fourth-order valence-corrected chi connectivity index (χ4v) is 3.52. The van der Waals surface area contributed by atoms with Crippen molar-refractivity contribution in [3.63, 3.8) is 0 Å². The van der Waals surface area contributed by atoms with Gasteiger partial charge in [-0.15, -0.1) is 0 Å². The minimum absolute atomic E-state index is 0.117. The minimum Gasteiger partial charge on any atom is -0.492 e. The first-order valence-corrected chi connectivity index (χ1v) is 9.62. The average molecular weight is 413 g/mol. The van der Waals surface area contributed by atoms with Gasteiger partial charge in [0.2, 0.25) is 0 Å². The van der Waals surface area contributed by atoms with Crippen molar-refractivity contribution < 1.29 is 14.3 Å². The van der Waals surface area contributed by atoms with E-state index < -0.39 is 5.60 Å². The summed E-state index contributed by atoms with van der Waals surface area (Å²) in [6.07, 6.45) is -0.225. The van der Waals surface area contributed by atoms with E-state index in [2.05, 4.69) is 33.8 Å². The van der Waals surface area contributed by atoms with Gasteiger partial charge in [-0.05, 0) is 56.6 Å². The minimum atomic E-state index is -0.462. The van der Waals surface area contributed by atoms with Crippen LogP contribution in [0.25, 0.3) is 0 Å².